The molecule has 1 aliphatic carbocycles. The van der Waals surface area contributed by atoms with E-state index in [4.69, 9.17) is 9.47 Å². The first-order valence-electron chi connectivity index (χ1n) is 10.2. The highest BCUT2D eigenvalue weighted by molar-refractivity contribution is 6.28. The molecular formula is C24H21N3O4. The van der Waals surface area contributed by atoms with Gasteiger partial charge in [-0.2, -0.15) is 0 Å². The van der Waals surface area contributed by atoms with Crippen LogP contribution in [-0.2, 0) is 11.3 Å². The molecule has 0 N–H and O–H groups in total. The molecule has 0 saturated heterocycles. The average Bonchev–Trinajstić information content (AvgIpc) is 3.25. The fraction of sp³-hybridized carbons (Fsp3) is 0.250. The van der Waals surface area contributed by atoms with E-state index in [0.717, 1.165) is 11.3 Å². The van der Waals surface area contributed by atoms with Crippen LogP contribution >= 0.6 is 0 Å². The molecule has 2 heterocycles. The molecule has 1 aromatic heterocycles. The lowest BCUT2D eigenvalue weighted by Crippen LogP contribution is -2.39. The van der Waals surface area contributed by atoms with E-state index in [9.17, 15) is 9.59 Å². The Balaban J connectivity index is 1.42. The zero-order valence-corrected chi connectivity index (χ0v) is 17.2. The summed E-state index contributed by atoms with van der Waals surface area (Å²) in [5, 5.41) is 8.45. The zero-order valence-electron chi connectivity index (χ0n) is 17.2. The number of ketones is 2. The van der Waals surface area contributed by atoms with Gasteiger partial charge in [0.25, 0.3) is 0 Å². The van der Waals surface area contributed by atoms with E-state index < -0.39 is 6.10 Å². The van der Waals surface area contributed by atoms with E-state index >= 15 is 0 Å². The third-order valence-electron chi connectivity index (χ3n) is 5.80. The van der Waals surface area contributed by atoms with Gasteiger partial charge in [-0.3, -0.25) is 9.59 Å². The highest BCUT2D eigenvalue weighted by Crippen LogP contribution is 2.39. The molecular weight excluding hydrogens is 394 g/mol. The summed E-state index contributed by atoms with van der Waals surface area (Å²) in [5.41, 5.74) is 3.43. The van der Waals surface area contributed by atoms with Crippen molar-refractivity contribution in [3.8, 4) is 17.0 Å². The lowest BCUT2D eigenvalue weighted by molar-refractivity contribution is -0.00652. The quantitative estimate of drug-likeness (QED) is 0.649. The second-order valence-corrected chi connectivity index (χ2v) is 7.73. The van der Waals surface area contributed by atoms with Gasteiger partial charge in [0, 0.05) is 28.7 Å². The summed E-state index contributed by atoms with van der Waals surface area (Å²) in [6, 6.07) is 14.9. The van der Waals surface area contributed by atoms with Gasteiger partial charge >= 0.3 is 0 Å². The van der Waals surface area contributed by atoms with Crippen molar-refractivity contribution in [3.05, 3.63) is 77.0 Å². The van der Waals surface area contributed by atoms with E-state index in [-0.39, 0.29) is 17.7 Å². The van der Waals surface area contributed by atoms with Crippen LogP contribution in [0, 0.1) is 0 Å². The Morgan fingerprint density at radius 2 is 1.90 bits per heavy atom. The highest BCUT2D eigenvalue weighted by Gasteiger charge is 2.41. The molecule has 7 heteroatoms. The van der Waals surface area contributed by atoms with Crippen LogP contribution in [0.3, 0.4) is 0 Å². The van der Waals surface area contributed by atoms with Crippen LogP contribution in [0.25, 0.3) is 11.3 Å². The lowest BCUT2D eigenvalue weighted by Gasteiger charge is -2.34. The summed E-state index contributed by atoms with van der Waals surface area (Å²) in [6.45, 7) is 2.25. The molecule has 0 bridgehead atoms. The molecule has 0 radical (unpaired) electrons. The molecule has 5 rings (SSSR count). The van der Waals surface area contributed by atoms with Crippen LogP contribution in [0.1, 0.15) is 34.1 Å². The van der Waals surface area contributed by atoms with Gasteiger partial charge in [0.1, 0.15) is 11.4 Å². The van der Waals surface area contributed by atoms with Crippen molar-refractivity contribution in [1.29, 1.82) is 0 Å². The molecule has 0 amide bonds. The van der Waals surface area contributed by atoms with Crippen molar-refractivity contribution in [1.82, 2.24) is 15.0 Å². The number of rotatable bonds is 4. The zero-order chi connectivity index (χ0) is 21.5. The first kappa shape index (κ1) is 19.4. The molecule has 7 nitrogen and oxygen atoms in total. The van der Waals surface area contributed by atoms with E-state index in [1.165, 1.54) is 7.11 Å². The molecule has 3 aromatic rings. The number of hydrogen-bond donors (Lipinski definition) is 0. The van der Waals surface area contributed by atoms with Crippen molar-refractivity contribution >= 4 is 11.6 Å². The monoisotopic (exact) mass is 415 g/mol. The van der Waals surface area contributed by atoms with Gasteiger partial charge in [-0.05, 0) is 13.0 Å². The first-order chi connectivity index (χ1) is 15.1. The van der Waals surface area contributed by atoms with Gasteiger partial charge in [0.2, 0.25) is 0 Å². The van der Waals surface area contributed by atoms with Gasteiger partial charge in [0.05, 0.1) is 37.6 Å². The number of Topliss-reactive ketones (excluding diaryl/α,β-unsaturated/α-hetero) is 2. The first-order valence-corrected chi connectivity index (χ1v) is 10.2. The number of nitrogens with zero attached hydrogens (tertiary/aromatic N) is 3. The molecule has 2 aliphatic rings. The highest BCUT2D eigenvalue weighted by atomic mass is 16.5. The van der Waals surface area contributed by atoms with Gasteiger partial charge in [-0.15, -0.1) is 5.10 Å². The topological polar surface area (TPSA) is 83.3 Å². The van der Waals surface area contributed by atoms with E-state index in [1.54, 1.807) is 22.9 Å². The Labute approximate surface area is 179 Å². The van der Waals surface area contributed by atoms with Crippen LogP contribution < -0.4 is 4.74 Å². The van der Waals surface area contributed by atoms with Crippen molar-refractivity contribution in [2.24, 2.45) is 0 Å². The number of methoxy groups -OCH3 is 1. The minimum atomic E-state index is -0.500. The number of fused-ring (bicyclic) bond motifs is 1. The molecule has 0 spiro atoms. The molecule has 2 aromatic carbocycles. The smallest absolute Gasteiger partial charge is 0.196 e. The Kier molecular flexibility index (Phi) is 4.75. The third kappa shape index (κ3) is 3.27. The number of carbonyl (C=O) groups excluding carboxylic acids is 2. The molecule has 0 saturated carbocycles. The summed E-state index contributed by atoms with van der Waals surface area (Å²) >= 11 is 0. The number of benzene rings is 2. The summed E-state index contributed by atoms with van der Waals surface area (Å²) in [6.07, 6.45) is 1.42. The molecule has 31 heavy (non-hydrogen) atoms. The molecule has 0 fully saturated rings. The Hall–Kier alpha value is -3.58. The van der Waals surface area contributed by atoms with Crippen molar-refractivity contribution < 1.29 is 19.1 Å². The number of ether oxygens (including phenoxy) is 2. The van der Waals surface area contributed by atoms with Gasteiger partial charge in [0.15, 0.2) is 11.6 Å². The van der Waals surface area contributed by atoms with Crippen molar-refractivity contribution in [2.75, 3.05) is 7.11 Å². The number of carbonyl (C=O) groups is 2. The second-order valence-electron chi connectivity index (χ2n) is 7.73. The second kappa shape index (κ2) is 7.59. The van der Waals surface area contributed by atoms with Gasteiger partial charge < -0.3 is 9.47 Å². The molecule has 0 unspecified atom stereocenters. The minimum absolute atomic E-state index is 0.132. The number of aromatic nitrogens is 3. The predicted molar refractivity (Wildman–Crippen MR) is 113 cm³/mol. The van der Waals surface area contributed by atoms with Crippen LogP contribution in [0.5, 0.6) is 5.75 Å². The maximum atomic E-state index is 13.2. The van der Waals surface area contributed by atoms with Crippen LogP contribution in [0.15, 0.2) is 65.9 Å². The molecule has 156 valence electrons. The Morgan fingerprint density at radius 3 is 2.68 bits per heavy atom. The van der Waals surface area contributed by atoms with Crippen LogP contribution in [0.2, 0.25) is 0 Å². The maximum Gasteiger partial charge on any atom is 0.196 e. The fourth-order valence-electron chi connectivity index (χ4n) is 4.39. The molecule has 2 atom stereocenters. The summed E-state index contributed by atoms with van der Waals surface area (Å²) < 4.78 is 13.2. The minimum Gasteiger partial charge on any atom is -0.496 e. The predicted octanol–water partition coefficient (Wildman–Crippen LogP) is 3.51. The van der Waals surface area contributed by atoms with Crippen molar-refractivity contribution in [3.63, 3.8) is 0 Å². The van der Waals surface area contributed by atoms with Crippen LogP contribution in [-0.4, -0.2) is 45.9 Å². The molecule has 1 aliphatic heterocycles. The van der Waals surface area contributed by atoms with Gasteiger partial charge in [-0.25, -0.2) is 4.68 Å². The summed E-state index contributed by atoms with van der Waals surface area (Å²) in [7, 11) is 1.50. The summed E-state index contributed by atoms with van der Waals surface area (Å²) in [4.78, 5) is 26.5. The largest absolute Gasteiger partial charge is 0.496 e. The van der Waals surface area contributed by atoms with Crippen LogP contribution in [0.4, 0.5) is 0 Å². The average molecular weight is 415 g/mol. The third-order valence-corrected chi connectivity index (χ3v) is 5.80. The van der Waals surface area contributed by atoms with E-state index in [1.807, 2.05) is 43.5 Å². The maximum absolute atomic E-state index is 13.2. The Bertz CT molecular complexity index is 1210. The fourth-order valence-corrected chi connectivity index (χ4v) is 4.39. The van der Waals surface area contributed by atoms with E-state index in [0.29, 0.717) is 41.0 Å². The van der Waals surface area contributed by atoms with Crippen molar-refractivity contribution in [2.45, 2.75) is 32.1 Å². The lowest BCUT2D eigenvalue weighted by atomic mass is 9.78. The van der Waals surface area contributed by atoms with E-state index in [2.05, 4.69) is 10.3 Å². The Morgan fingerprint density at radius 1 is 1.10 bits per heavy atom. The SMILES string of the molecule is COc1cccc2c1C(=O)C1=C(C[C@H](Cn3cc(-c4ccccc4)nn3)O[C@@H]1C)C2=O. The number of hydrogen-bond acceptors (Lipinski definition) is 6. The standard InChI is InChI=1S/C24H21N3O4/c1-14-21-18(23(28)17-9-6-10-20(30-2)22(17)24(21)29)11-16(31-14)12-27-13-19(25-26-27)15-7-4-3-5-8-15/h3-10,13-14,16H,11-12H2,1-2H3/t14-,16-/m1/s1. The normalized spacial score (nSPS) is 20.5. The van der Waals surface area contributed by atoms with Gasteiger partial charge in [-0.1, -0.05) is 47.7 Å². The summed E-state index contributed by atoms with van der Waals surface area (Å²) in [5.74, 6) is 0.0834.